The van der Waals surface area contributed by atoms with Crippen LogP contribution in [0.4, 0.5) is 0 Å². The van der Waals surface area contributed by atoms with Crippen molar-refractivity contribution in [2.24, 2.45) is 22.7 Å². The molecule has 1 aliphatic rings. The molecule has 1 aliphatic carbocycles. The first kappa shape index (κ1) is 17.0. The zero-order valence-corrected chi connectivity index (χ0v) is 13.6. The second kappa shape index (κ2) is 6.15. The Hall–Kier alpha value is -1.06. The SMILES string of the molecule is COC(=O)C(C)(C)[C@@H]1CCCC[C@H]1C(C)(C)C(=O)OC. The largest absolute Gasteiger partial charge is 0.469 e. The summed E-state index contributed by atoms with van der Waals surface area (Å²) in [6.07, 6.45) is 4.10. The van der Waals surface area contributed by atoms with Crippen LogP contribution in [0.5, 0.6) is 0 Å². The number of hydrogen-bond donors (Lipinski definition) is 0. The number of esters is 2. The first-order chi connectivity index (χ1) is 9.19. The van der Waals surface area contributed by atoms with Gasteiger partial charge in [-0.2, -0.15) is 0 Å². The van der Waals surface area contributed by atoms with Crippen molar-refractivity contribution in [3.63, 3.8) is 0 Å². The summed E-state index contributed by atoms with van der Waals surface area (Å²) in [6.45, 7) is 7.70. The van der Waals surface area contributed by atoms with E-state index >= 15 is 0 Å². The number of carbonyl (C=O) groups is 2. The van der Waals surface area contributed by atoms with Crippen molar-refractivity contribution >= 4 is 11.9 Å². The fourth-order valence-electron chi connectivity index (χ4n) is 3.69. The van der Waals surface area contributed by atoms with E-state index < -0.39 is 10.8 Å². The zero-order valence-electron chi connectivity index (χ0n) is 13.6. The van der Waals surface area contributed by atoms with Gasteiger partial charge in [0.1, 0.15) is 0 Å². The third kappa shape index (κ3) is 2.99. The lowest BCUT2D eigenvalue weighted by Gasteiger charge is -2.46. The molecule has 0 aliphatic heterocycles. The summed E-state index contributed by atoms with van der Waals surface area (Å²) >= 11 is 0. The Labute approximate surface area is 122 Å². The van der Waals surface area contributed by atoms with Crippen molar-refractivity contribution in [3.8, 4) is 0 Å². The van der Waals surface area contributed by atoms with Crippen LogP contribution in [-0.4, -0.2) is 26.2 Å². The molecule has 0 bridgehead atoms. The molecule has 0 saturated heterocycles. The van der Waals surface area contributed by atoms with Gasteiger partial charge in [0.25, 0.3) is 0 Å². The van der Waals surface area contributed by atoms with Gasteiger partial charge in [0.2, 0.25) is 0 Å². The molecule has 0 aromatic heterocycles. The molecule has 0 unspecified atom stereocenters. The van der Waals surface area contributed by atoms with Crippen LogP contribution in [0.3, 0.4) is 0 Å². The maximum Gasteiger partial charge on any atom is 0.311 e. The quantitative estimate of drug-likeness (QED) is 0.744. The normalized spacial score (nSPS) is 24.1. The lowest BCUT2D eigenvalue weighted by atomic mass is 9.58. The van der Waals surface area contributed by atoms with E-state index in [9.17, 15) is 9.59 Å². The molecule has 116 valence electrons. The van der Waals surface area contributed by atoms with E-state index in [1.165, 1.54) is 14.2 Å². The standard InChI is InChI=1S/C16H28O4/c1-15(2,13(17)19-5)11-9-7-8-10-12(11)16(3,4)14(18)20-6/h11-12H,7-10H2,1-6H3/t11-,12-/m1/s1. The molecule has 0 radical (unpaired) electrons. The van der Waals surface area contributed by atoms with Gasteiger partial charge in [0.05, 0.1) is 25.0 Å². The fraction of sp³-hybridized carbons (Fsp3) is 0.875. The molecule has 1 rings (SSSR count). The van der Waals surface area contributed by atoms with E-state index in [0.29, 0.717) is 0 Å². The molecule has 20 heavy (non-hydrogen) atoms. The predicted octanol–water partition coefficient (Wildman–Crippen LogP) is 3.19. The van der Waals surface area contributed by atoms with E-state index in [-0.39, 0.29) is 23.8 Å². The molecule has 2 atom stereocenters. The Morgan fingerprint density at radius 2 is 1.10 bits per heavy atom. The minimum atomic E-state index is -0.578. The number of hydrogen-bond acceptors (Lipinski definition) is 4. The van der Waals surface area contributed by atoms with Gasteiger partial charge in [0, 0.05) is 0 Å². The molecular formula is C16H28O4. The molecule has 4 heteroatoms. The summed E-state index contributed by atoms with van der Waals surface area (Å²) in [4.78, 5) is 24.2. The van der Waals surface area contributed by atoms with Crippen molar-refractivity contribution < 1.29 is 19.1 Å². The molecule has 4 nitrogen and oxygen atoms in total. The fourth-order valence-corrected chi connectivity index (χ4v) is 3.69. The second-order valence-electron chi connectivity index (χ2n) is 6.92. The van der Waals surface area contributed by atoms with Crippen molar-refractivity contribution in [3.05, 3.63) is 0 Å². The lowest BCUT2D eigenvalue weighted by Crippen LogP contribution is -2.47. The first-order valence-corrected chi connectivity index (χ1v) is 7.36. The summed E-state index contributed by atoms with van der Waals surface area (Å²) in [5, 5.41) is 0. The van der Waals surface area contributed by atoms with Gasteiger partial charge in [-0.15, -0.1) is 0 Å². The van der Waals surface area contributed by atoms with E-state index in [0.717, 1.165) is 25.7 Å². The van der Waals surface area contributed by atoms with E-state index in [4.69, 9.17) is 9.47 Å². The van der Waals surface area contributed by atoms with Gasteiger partial charge in [-0.05, 0) is 52.4 Å². The van der Waals surface area contributed by atoms with E-state index in [1.54, 1.807) is 0 Å². The first-order valence-electron chi connectivity index (χ1n) is 7.36. The van der Waals surface area contributed by atoms with Gasteiger partial charge in [-0.25, -0.2) is 0 Å². The molecule has 0 amide bonds. The van der Waals surface area contributed by atoms with Crippen molar-refractivity contribution in [2.45, 2.75) is 53.4 Å². The zero-order chi connectivity index (χ0) is 15.6. The molecule has 0 spiro atoms. The molecule has 1 saturated carbocycles. The highest BCUT2D eigenvalue weighted by molar-refractivity contribution is 5.78. The summed E-state index contributed by atoms with van der Waals surface area (Å²) in [6, 6.07) is 0. The molecule has 0 N–H and O–H groups in total. The number of carbonyl (C=O) groups excluding carboxylic acids is 2. The van der Waals surface area contributed by atoms with E-state index in [2.05, 4.69) is 0 Å². The average molecular weight is 284 g/mol. The maximum absolute atomic E-state index is 12.1. The Balaban J connectivity index is 3.09. The molecule has 0 aromatic rings. The Morgan fingerprint density at radius 1 is 0.800 bits per heavy atom. The molecule has 0 heterocycles. The summed E-state index contributed by atoms with van der Waals surface area (Å²) in [5.41, 5.74) is -1.16. The predicted molar refractivity (Wildman–Crippen MR) is 77.0 cm³/mol. The van der Waals surface area contributed by atoms with Crippen molar-refractivity contribution in [1.29, 1.82) is 0 Å². The van der Waals surface area contributed by atoms with Gasteiger partial charge < -0.3 is 9.47 Å². The van der Waals surface area contributed by atoms with Gasteiger partial charge in [0.15, 0.2) is 0 Å². The van der Waals surface area contributed by atoms with Crippen LogP contribution in [0.2, 0.25) is 0 Å². The van der Waals surface area contributed by atoms with Crippen LogP contribution in [0.25, 0.3) is 0 Å². The van der Waals surface area contributed by atoms with Crippen LogP contribution < -0.4 is 0 Å². The highest BCUT2D eigenvalue weighted by Gasteiger charge is 2.50. The molecular weight excluding hydrogens is 256 g/mol. The Bertz CT molecular complexity index is 335. The monoisotopic (exact) mass is 284 g/mol. The summed E-state index contributed by atoms with van der Waals surface area (Å²) < 4.78 is 9.92. The minimum absolute atomic E-state index is 0.137. The summed E-state index contributed by atoms with van der Waals surface area (Å²) in [5.74, 6) is -0.124. The van der Waals surface area contributed by atoms with Crippen LogP contribution in [0, 0.1) is 22.7 Å². The van der Waals surface area contributed by atoms with E-state index in [1.807, 2.05) is 27.7 Å². The summed E-state index contributed by atoms with van der Waals surface area (Å²) in [7, 11) is 2.85. The number of rotatable bonds is 4. The third-order valence-electron chi connectivity index (χ3n) is 5.04. The third-order valence-corrected chi connectivity index (χ3v) is 5.04. The smallest absolute Gasteiger partial charge is 0.311 e. The Morgan fingerprint density at radius 3 is 1.35 bits per heavy atom. The topological polar surface area (TPSA) is 52.6 Å². The van der Waals surface area contributed by atoms with Crippen LogP contribution in [-0.2, 0) is 19.1 Å². The second-order valence-corrected chi connectivity index (χ2v) is 6.92. The van der Waals surface area contributed by atoms with Gasteiger partial charge in [-0.1, -0.05) is 12.8 Å². The average Bonchev–Trinajstić information content (AvgIpc) is 2.45. The molecule has 0 aromatic carbocycles. The maximum atomic E-state index is 12.1. The minimum Gasteiger partial charge on any atom is -0.469 e. The molecule has 1 fully saturated rings. The number of methoxy groups -OCH3 is 2. The Kier molecular flexibility index (Phi) is 5.22. The number of ether oxygens (including phenoxy) is 2. The highest BCUT2D eigenvalue weighted by Crippen LogP contribution is 2.50. The van der Waals surface area contributed by atoms with Gasteiger partial charge in [-0.3, -0.25) is 9.59 Å². The van der Waals surface area contributed by atoms with Crippen LogP contribution in [0.1, 0.15) is 53.4 Å². The lowest BCUT2D eigenvalue weighted by molar-refractivity contribution is -0.166. The van der Waals surface area contributed by atoms with Gasteiger partial charge >= 0.3 is 11.9 Å². The van der Waals surface area contributed by atoms with Crippen molar-refractivity contribution in [1.82, 2.24) is 0 Å². The van der Waals surface area contributed by atoms with Crippen LogP contribution >= 0.6 is 0 Å². The highest BCUT2D eigenvalue weighted by atomic mass is 16.5. The van der Waals surface area contributed by atoms with Crippen LogP contribution in [0.15, 0.2) is 0 Å². The van der Waals surface area contributed by atoms with Crippen molar-refractivity contribution in [2.75, 3.05) is 14.2 Å².